The molecule has 1 amide bonds. The lowest BCUT2D eigenvalue weighted by Gasteiger charge is -2.43. The number of rotatable bonds is 3. The number of carbonyl (C=O) groups is 1. The van der Waals surface area contributed by atoms with Gasteiger partial charge in [-0.15, -0.1) is 0 Å². The highest BCUT2D eigenvalue weighted by Gasteiger charge is 2.38. The van der Waals surface area contributed by atoms with Crippen molar-refractivity contribution < 1.29 is 4.79 Å². The van der Waals surface area contributed by atoms with Gasteiger partial charge in [0, 0.05) is 18.4 Å². The van der Waals surface area contributed by atoms with Crippen LogP contribution in [0.3, 0.4) is 0 Å². The second kappa shape index (κ2) is 4.38. The first kappa shape index (κ1) is 14.2. The van der Waals surface area contributed by atoms with Gasteiger partial charge in [-0.1, -0.05) is 46.8 Å². The summed E-state index contributed by atoms with van der Waals surface area (Å²) in [6, 6.07) is 0.0972. The molecule has 0 radical (unpaired) electrons. The quantitative estimate of drug-likeness (QED) is 0.714. The monoisotopic (exact) mass is 211 g/mol. The molecule has 0 fully saturated rings. The third kappa shape index (κ3) is 3.69. The molecular formula is C13H25NO. The lowest BCUT2D eigenvalue weighted by atomic mass is 9.68. The third-order valence-corrected chi connectivity index (χ3v) is 3.04. The maximum absolute atomic E-state index is 11.2. The van der Waals surface area contributed by atoms with Crippen molar-refractivity contribution in [3.8, 4) is 0 Å². The van der Waals surface area contributed by atoms with Crippen LogP contribution < -0.4 is 5.32 Å². The first-order valence-electron chi connectivity index (χ1n) is 5.42. The van der Waals surface area contributed by atoms with E-state index < -0.39 is 0 Å². The van der Waals surface area contributed by atoms with E-state index in [1.54, 1.807) is 6.92 Å². The van der Waals surface area contributed by atoms with Crippen LogP contribution in [0.4, 0.5) is 0 Å². The Morgan fingerprint density at radius 1 is 1.13 bits per heavy atom. The van der Waals surface area contributed by atoms with E-state index in [9.17, 15) is 4.79 Å². The summed E-state index contributed by atoms with van der Waals surface area (Å²) >= 11 is 0. The van der Waals surface area contributed by atoms with Crippen LogP contribution in [0.2, 0.25) is 0 Å². The van der Waals surface area contributed by atoms with E-state index in [2.05, 4.69) is 46.5 Å². The highest BCUT2D eigenvalue weighted by atomic mass is 16.1. The molecule has 0 bridgehead atoms. The standard InChI is InChI=1S/C13H25NO/c1-9(2)13(7,8)11(12(4,5)6)14-10(3)15/h11H,1H2,2-8H3,(H,14,15). The van der Waals surface area contributed by atoms with Gasteiger partial charge in [-0.05, 0) is 12.3 Å². The Hall–Kier alpha value is -0.790. The normalized spacial score (nSPS) is 14.6. The molecule has 1 atom stereocenters. The molecular weight excluding hydrogens is 186 g/mol. The molecule has 88 valence electrons. The summed E-state index contributed by atoms with van der Waals surface area (Å²) in [5.74, 6) is 0.0178. The highest BCUT2D eigenvalue weighted by Crippen LogP contribution is 2.38. The molecule has 1 unspecified atom stereocenters. The van der Waals surface area contributed by atoms with Crippen LogP contribution in [-0.4, -0.2) is 11.9 Å². The van der Waals surface area contributed by atoms with Gasteiger partial charge in [-0.3, -0.25) is 4.79 Å². The minimum absolute atomic E-state index is 0.0178. The summed E-state index contributed by atoms with van der Waals surface area (Å²) in [5, 5.41) is 3.04. The minimum atomic E-state index is -0.0933. The summed E-state index contributed by atoms with van der Waals surface area (Å²) in [7, 11) is 0. The van der Waals surface area contributed by atoms with Crippen molar-refractivity contribution in [1.82, 2.24) is 5.32 Å². The molecule has 0 rings (SSSR count). The molecule has 0 aromatic rings. The first-order chi connectivity index (χ1) is 6.49. The van der Waals surface area contributed by atoms with Crippen molar-refractivity contribution in [1.29, 1.82) is 0 Å². The zero-order chi connectivity index (χ0) is 12.4. The van der Waals surface area contributed by atoms with Crippen molar-refractivity contribution in [2.45, 2.75) is 54.5 Å². The smallest absolute Gasteiger partial charge is 0.217 e. The molecule has 0 aromatic heterocycles. The van der Waals surface area contributed by atoms with E-state index in [1.165, 1.54) is 0 Å². The average molecular weight is 211 g/mol. The predicted molar refractivity (Wildman–Crippen MR) is 65.7 cm³/mol. The maximum atomic E-state index is 11.2. The second-order valence-electron chi connectivity index (χ2n) is 6.00. The van der Waals surface area contributed by atoms with Gasteiger partial charge < -0.3 is 5.32 Å². The van der Waals surface area contributed by atoms with Gasteiger partial charge >= 0.3 is 0 Å². The van der Waals surface area contributed by atoms with Gasteiger partial charge in [-0.25, -0.2) is 0 Å². The molecule has 0 saturated carbocycles. The molecule has 0 aromatic carbocycles. The van der Waals surface area contributed by atoms with Crippen molar-refractivity contribution in [3.05, 3.63) is 12.2 Å². The number of carbonyl (C=O) groups excluding carboxylic acids is 1. The average Bonchev–Trinajstić information content (AvgIpc) is 1.97. The maximum Gasteiger partial charge on any atom is 0.217 e. The van der Waals surface area contributed by atoms with Gasteiger partial charge in [0.25, 0.3) is 0 Å². The molecule has 15 heavy (non-hydrogen) atoms. The molecule has 1 N–H and O–H groups in total. The Labute approximate surface area is 94.1 Å². The summed E-state index contributed by atoms with van der Waals surface area (Å²) in [5.41, 5.74) is 1.02. The van der Waals surface area contributed by atoms with Gasteiger partial charge in [0.15, 0.2) is 0 Å². The van der Waals surface area contributed by atoms with Crippen LogP contribution in [0.15, 0.2) is 12.2 Å². The molecule has 2 heteroatoms. The third-order valence-electron chi connectivity index (χ3n) is 3.04. The first-order valence-corrected chi connectivity index (χ1v) is 5.42. The van der Waals surface area contributed by atoms with Crippen LogP contribution in [-0.2, 0) is 4.79 Å². The van der Waals surface area contributed by atoms with E-state index in [1.807, 2.05) is 6.92 Å². The fraction of sp³-hybridized carbons (Fsp3) is 0.769. The van der Waals surface area contributed by atoms with Crippen molar-refractivity contribution in [2.24, 2.45) is 10.8 Å². The van der Waals surface area contributed by atoms with Gasteiger partial charge in [-0.2, -0.15) is 0 Å². The fourth-order valence-electron chi connectivity index (χ4n) is 1.93. The lowest BCUT2D eigenvalue weighted by molar-refractivity contribution is -0.121. The Bertz CT molecular complexity index is 258. The second-order valence-corrected chi connectivity index (χ2v) is 6.00. The van der Waals surface area contributed by atoms with E-state index in [4.69, 9.17) is 0 Å². The largest absolute Gasteiger partial charge is 0.352 e. The van der Waals surface area contributed by atoms with E-state index in [-0.39, 0.29) is 22.8 Å². The molecule has 0 spiro atoms. The van der Waals surface area contributed by atoms with Crippen molar-refractivity contribution >= 4 is 5.91 Å². The van der Waals surface area contributed by atoms with E-state index >= 15 is 0 Å². The minimum Gasteiger partial charge on any atom is -0.352 e. The Kier molecular flexibility index (Phi) is 4.15. The molecule has 0 saturated heterocycles. The summed E-state index contributed by atoms with van der Waals surface area (Å²) in [6.07, 6.45) is 0. The zero-order valence-electron chi connectivity index (χ0n) is 11.2. The van der Waals surface area contributed by atoms with Crippen LogP contribution in [0.1, 0.15) is 48.5 Å². The topological polar surface area (TPSA) is 29.1 Å². The van der Waals surface area contributed by atoms with E-state index in [0.717, 1.165) is 5.57 Å². The lowest BCUT2D eigenvalue weighted by Crippen LogP contribution is -2.52. The van der Waals surface area contributed by atoms with Crippen LogP contribution in [0.25, 0.3) is 0 Å². The number of hydrogen-bond donors (Lipinski definition) is 1. The Morgan fingerprint density at radius 2 is 1.53 bits per heavy atom. The van der Waals surface area contributed by atoms with Crippen molar-refractivity contribution in [3.63, 3.8) is 0 Å². The van der Waals surface area contributed by atoms with Gasteiger partial charge in [0.1, 0.15) is 0 Å². The summed E-state index contributed by atoms with van der Waals surface area (Å²) in [4.78, 5) is 11.2. The zero-order valence-corrected chi connectivity index (χ0v) is 11.2. The predicted octanol–water partition coefficient (Wildman–Crippen LogP) is 3.14. The van der Waals surface area contributed by atoms with Crippen LogP contribution in [0.5, 0.6) is 0 Å². The number of amides is 1. The number of hydrogen-bond acceptors (Lipinski definition) is 1. The fourth-order valence-corrected chi connectivity index (χ4v) is 1.93. The van der Waals surface area contributed by atoms with Crippen LogP contribution in [0, 0.1) is 10.8 Å². The Morgan fingerprint density at radius 3 is 1.73 bits per heavy atom. The van der Waals surface area contributed by atoms with Crippen LogP contribution >= 0.6 is 0 Å². The van der Waals surface area contributed by atoms with E-state index in [0.29, 0.717) is 0 Å². The number of nitrogens with one attached hydrogen (secondary N) is 1. The van der Waals surface area contributed by atoms with Crippen molar-refractivity contribution in [2.75, 3.05) is 0 Å². The highest BCUT2D eigenvalue weighted by molar-refractivity contribution is 5.73. The summed E-state index contributed by atoms with van der Waals surface area (Å²) in [6.45, 7) is 18.3. The molecule has 0 heterocycles. The van der Waals surface area contributed by atoms with Gasteiger partial charge in [0.2, 0.25) is 5.91 Å². The summed E-state index contributed by atoms with van der Waals surface area (Å²) < 4.78 is 0. The van der Waals surface area contributed by atoms with Gasteiger partial charge in [0.05, 0.1) is 0 Å². The molecule has 2 nitrogen and oxygen atoms in total. The molecule has 0 aliphatic rings. The molecule has 0 aliphatic carbocycles. The molecule has 0 aliphatic heterocycles. The SMILES string of the molecule is C=C(C)C(C)(C)C(NC(C)=O)C(C)(C)C. The Balaban J connectivity index is 5.11.